The van der Waals surface area contributed by atoms with Crippen LogP contribution >= 0.6 is 0 Å². The van der Waals surface area contributed by atoms with Gasteiger partial charge in [0.1, 0.15) is 17.3 Å². The van der Waals surface area contributed by atoms with Crippen molar-refractivity contribution in [2.24, 2.45) is 0 Å². The van der Waals surface area contributed by atoms with E-state index >= 15 is 0 Å². The topological polar surface area (TPSA) is 83.2 Å². The molecule has 0 aliphatic rings. The molecule has 124 valence electrons. The summed E-state index contributed by atoms with van der Waals surface area (Å²) < 4.78 is 49.6. The molecule has 1 N–H and O–H groups in total. The third-order valence-corrected chi connectivity index (χ3v) is 3.04. The Morgan fingerprint density at radius 3 is 2.67 bits per heavy atom. The van der Waals surface area contributed by atoms with Crippen LogP contribution in [0.5, 0.6) is 11.6 Å². The van der Waals surface area contributed by atoms with E-state index in [1.54, 1.807) is 5.48 Å². The normalized spacial score (nSPS) is 10.9. The van der Waals surface area contributed by atoms with Gasteiger partial charge in [-0.1, -0.05) is 11.2 Å². The summed E-state index contributed by atoms with van der Waals surface area (Å²) in [6.07, 6.45) is -1.61. The van der Waals surface area contributed by atoms with E-state index in [9.17, 15) is 18.4 Å². The molecule has 0 radical (unpaired) electrons. The molecule has 0 aliphatic carbocycles. The standard InChI is InChI=1S/C15H9F3N3O3/c16-9-2-1-3-11(23-13-5-4-8(20-22)7-19-13)14(9)12-6-10(15(17)18)21-24-12/h1-7,15,20H/q-1. The summed E-state index contributed by atoms with van der Waals surface area (Å²) in [4.78, 5) is 3.87. The lowest BCUT2D eigenvalue weighted by Crippen LogP contribution is -1.93. The summed E-state index contributed by atoms with van der Waals surface area (Å²) in [5, 5.41) is 13.7. The van der Waals surface area contributed by atoms with Gasteiger partial charge in [-0.15, -0.1) is 0 Å². The molecule has 0 fully saturated rings. The third-order valence-electron chi connectivity index (χ3n) is 3.04. The molecule has 0 unspecified atom stereocenters. The quantitative estimate of drug-likeness (QED) is 0.690. The van der Waals surface area contributed by atoms with Gasteiger partial charge < -0.3 is 19.9 Å². The molecular formula is C15H9F3N3O3-. The van der Waals surface area contributed by atoms with Crippen molar-refractivity contribution in [3.63, 3.8) is 0 Å². The van der Waals surface area contributed by atoms with E-state index in [1.807, 2.05) is 0 Å². The largest absolute Gasteiger partial charge is 0.761 e. The number of rotatable bonds is 5. The van der Waals surface area contributed by atoms with Gasteiger partial charge in [0.25, 0.3) is 6.43 Å². The van der Waals surface area contributed by atoms with Crippen molar-refractivity contribution in [3.8, 4) is 23.0 Å². The van der Waals surface area contributed by atoms with Crippen LogP contribution in [0.3, 0.4) is 0 Å². The number of benzene rings is 1. The Morgan fingerprint density at radius 2 is 2.04 bits per heavy atom. The van der Waals surface area contributed by atoms with Gasteiger partial charge in [-0.25, -0.2) is 18.2 Å². The Balaban J connectivity index is 1.97. The molecule has 0 aliphatic heterocycles. The molecule has 6 nitrogen and oxygen atoms in total. The zero-order valence-corrected chi connectivity index (χ0v) is 11.9. The van der Waals surface area contributed by atoms with Crippen LogP contribution < -0.4 is 10.2 Å². The van der Waals surface area contributed by atoms with Crippen molar-refractivity contribution < 1.29 is 22.4 Å². The van der Waals surface area contributed by atoms with Crippen molar-refractivity contribution >= 4 is 5.69 Å². The number of alkyl halides is 2. The summed E-state index contributed by atoms with van der Waals surface area (Å²) in [5.41, 5.74) is 1.11. The molecule has 0 saturated carbocycles. The smallest absolute Gasteiger partial charge is 0.283 e. The maximum atomic E-state index is 14.1. The summed E-state index contributed by atoms with van der Waals surface area (Å²) in [6, 6.07) is 7.67. The lowest BCUT2D eigenvalue weighted by Gasteiger charge is -2.11. The van der Waals surface area contributed by atoms with Crippen molar-refractivity contribution in [1.82, 2.24) is 10.1 Å². The fourth-order valence-electron chi connectivity index (χ4n) is 1.95. The first-order valence-electron chi connectivity index (χ1n) is 6.64. The molecule has 0 spiro atoms. The zero-order chi connectivity index (χ0) is 17.1. The summed E-state index contributed by atoms with van der Waals surface area (Å²) >= 11 is 0. The Kier molecular flexibility index (Phi) is 4.34. The molecule has 2 aromatic heterocycles. The Labute approximate surface area is 133 Å². The number of aromatic nitrogens is 2. The lowest BCUT2D eigenvalue weighted by molar-refractivity contribution is 0.140. The van der Waals surface area contributed by atoms with Crippen LogP contribution in [0.4, 0.5) is 18.9 Å². The van der Waals surface area contributed by atoms with Crippen LogP contribution in [0.2, 0.25) is 0 Å². The number of ether oxygens (including phenoxy) is 1. The minimum absolute atomic E-state index is 0.00213. The summed E-state index contributed by atoms with van der Waals surface area (Å²) in [6.45, 7) is 0. The van der Waals surface area contributed by atoms with Crippen molar-refractivity contribution in [2.45, 2.75) is 6.43 Å². The predicted octanol–water partition coefficient (Wildman–Crippen LogP) is 4.52. The first kappa shape index (κ1) is 15.8. The van der Waals surface area contributed by atoms with E-state index in [2.05, 4.69) is 10.1 Å². The highest BCUT2D eigenvalue weighted by atomic mass is 19.3. The lowest BCUT2D eigenvalue weighted by atomic mass is 10.1. The van der Waals surface area contributed by atoms with Crippen LogP contribution in [0.15, 0.2) is 47.1 Å². The van der Waals surface area contributed by atoms with Gasteiger partial charge in [0.15, 0.2) is 5.76 Å². The molecular weight excluding hydrogens is 327 g/mol. The number of anilines is 1. The van der Waals surface area contributed by atoms with E-state index < -0.39 is 17.9 Å². The molecule has 9 heteroatoms. The molecule has 1 aromatic carbocycles. The number of hydrogen-bond acceptors (Lipinski definition) is 6. The minimum atomic E-state index is -2.84. The van der Waals surface area contributed by atoms with E-state index in [-0.39, 0.29) is 28.6 Å². The fraction of sp³-hybridized carbons (Fsp3) is 0.0667. The monoisotopic (exact) mass is 336 g/mol. The fourth-order valence-corrected chi connectivity index (χ4v) is 1.95. The van der Waals surface area contributed by atoms with E-state index in [1.165, 1.54) is 30.5 Å². The average molecular weight is 336 g/mol. The third kappa shape index (κ3) is 3.15. The highest BCUT2D eigenvalue weighted by Crippen LogP contribution is 2.36. The second kappa shape index (κ2) is 6.59. The van der Waals surface area contributed by atoms with Gasteiger partial charge in [0, 0.05) is 17.8 Å². The van der Waals surface area contributed by atoms with Crippen molar-refractivity contribution in [1.29, 1.82) is 0 Å². The number of hydrogen-bond donors (Lipinski definition) is 1. The van der Waals surface area contributed by atoms with Crippen LogP contribution in [-0.4, -0.2) is 10.1 Å². The predicted molar refractivity (Wildman–Crippen MR) is 78.2 cm³/mol. The summed E-state index contributed by atoms with van der Waals surface area (Å²) in [7, 11) is 0. The molecule has 24 heavy (non-hydrogen) atoms. The number of nitrogens with zero attached hydrogens (tertiary/aromatic N) is 2. The molecule has 3 aromatic rings. The average Bonchev–Trinajstić information content (AvgIpc) is 3.05. The van der Waals surface area contributed by atoms with Crippen molar-refractivity contribution in [3.05, 3.63) is 59.3 Å². The molecule has 0 amide bonds. The SMILES string of the molecule is [O-]Nc1ccc(Oc2cccc(F)c2-c2cc(C(F)F)no2)nc1. The summed E-state index contributed by atoms with van der Waals surface area (Å²) in [5.74, 6) is -0.852. The molecule has 3 rings (SSSR count). The maximum Gasteiger partial charge on any atom is 0.283 e. The van der Waals surface area contributed by atoms with E-state index in [0.29, 0.717) is 0 Å². The first-order chi connectivity index (χ1) is 11.6. The van der Waals surface area contributed by atoms with Gasteiger partial charge in [0.05, 0.1) is 11.8 Å². The van der Waals surface area contributed by atoms with Gasteiger partial charge in [-0.2, -0.15) is 0 Å². The highest BCUT2D eigenvalue weighted by Gasteiger charge is 2.21. The zero-order valence-electron chi connectivity index (χ0n) is 11.9. The number of nitrogens with one attached hydrogen (secondary N) is 1. The van der Waals surface area contributed by atoms with Gasteiger partial charge in [-0.05, 0) is 18.2 Å². The van der Waals surface area contributed by atoms with Crippen LogP contribution in [0.25, 0.3) is 11.3 Å². The first-order valence-corrected chi connectivity index (χ1v) is 6.64. The van der Waals surface area contributed by atoms with Gasteiger partial charge in [-0.3, -0.25) is 0 Å². The number of halogens is 3. The Morgan fingerprint density at radius 1 is 1.21 bits per heavy atom. The highest BCUT2D eigenvalue weighted by molar-refractivity contribution is 5.67. The molecule has 0 bridgehead atoms. The van der Waals surface area contributed by atoms with Crippen LogP contribution in [-0.2, 0) is 0 Å². The number of pyridine rings is 1. The van der Waals surface area contributed by atoms with Crippen molar-refractivity contribution in [2.75, 3.05) is 5.48 Å². The Hall–Kier alpha value is -3.07. The van der Waals surface area contributed by atoms with Gasteiger partial charge in [0.2, 0.25) is 5.88 Å². The van der Waals surface area contributed by atoms with Crippen LogP contribution in [0, 0.1) is 11.0 Å². The van der Waals surface area contributed by atoms with Crippen LogP contribution in [0.1, 0.15) is 12.1 Å². The van der Waals surface area contributed by atoms with E-state index in [0.717, 1.165) is 12.1 Å². The van der Waals surface area contributed by atoms with Gasteiger partial charge >= 0.3 is 0 Å². The molecule has 0 atom stereocenters. The minimum Gasteiger partial charge on any atom is -0.761 e. The Bertz CT molecular complexity index is 837. The second-order valence-corrected chi connectivity index (χ2v) is 4.62. The molecule has 2 heterocycles. The second-order valence-electron chi connectivity index (χ2n) is 4.62. The molecule has 0 saturated heterocycles. The van der Waals surface area contributed by atoms with E-state index in [4.69, 9.17) is 9.26 Å². The maximum absolute atomic E-state index is 14.1.